The molecule has 0 radical (unpaired) electrons. The average Bonchev–Trinajstić information content (AvgIpc) is 2.97. The van der Waals surface area contributed by atoms with E-state index in [1.54, 1.807) is 31.4 Å². The number of hydrogen-bond acceptors (Lipinski definition) is 5. The fourth-order valence-corrected chi connectivity index (χ4v) is 2.45. The van der Waals surface area contributed by atoms with Crippen LogP contribution in [0.2, 0.25) is 0 Å². The lowest BCUT2D eigenvalue weighted by atomic mass is 10.0. The molecule has 0 aromatic carbocycles. The van der Waals surface area contributed by atoms with Gasteiger partial charge in [0.05, 0.1) is 4.88 Å². The third kappa shape index (κ3) is 6.02. The molecule has 2 unspecified atom stereocenters. The van der Waals surface area contributed by atoms with Crippen molar-refractivity contribution < 1.29 is 19.1 Å². The van der Waals surface area contributed by atoms with Crippen LogP contribution in [0.3, 0.4) is 0 Å². The maximum Gasteiger partial charge on any atom is 0.329 e. The Kier molecular flexibility index (Phi) is 7.22. The smallest absolute Gasteiger partial charge is 0.329 e. The standard InChI is InChI=1S/C16H24N2O4S/c1-9(2)13(18-15(20)12-7-6-8-23-12)16(21)22-11(5)14(19)17-10(3)4/h6-11,13H,1-5H3,(H,17,19)(H,18,20). The van der Waals surface area contributed by atoms with Crippen LogP contribution in [0.25, 0.3) is 0 Å². The third-order valence-electron chi connectivity index (χ3n) is 3.05. The number of carbonyl (C=O) groups is 3. The van der Waals surface area contributed by atoms with Crippen LogP contribution in [0, 0.1) is 5.92 Å². The Morgan fingerprint density at radius 1 is 1.09 bits per heavy atom. The number of hydrogen-bond donors (Lipinski definition) is 2. The molecule has 2 amide bonds. The highest BCUT2D eigenvalue weighted by Crippen LogP contribution is 2.11. The number of nitrogens with one attached hydrogen (secondary N) is 2. The molecule has 0 saturated carbocycles. The zero-order valence-electron chi connectivity index (χ0n) is 14.1. The van der Waals surface area contributed by atoms with Crippen molar-refractivity contribution in [3.8, 4) is 0 Å². The zero-order chi connectivity index (χ0) is 17.6. The number of ether oxygens (including phenoxy) is 1. The van der Waals surface area contributed by atoms with Gasteiger partial charge in [0.15, 0.2) is 6.10 Å². The molecule has 6 nitrogen and oxygen atoms in total. The van der Waals surface area contributed by atoms with Crippen LogP contribution in [-0.2, 0) is 14.3 Å². The van der Waals surface area contributed by atoms with Gasteiger partial charge in [0, 0.05) is 6.04 Å². The lowest BCUT2D eigenvalue weighted by Crippen LogP contribution is -2.48. The summed E-state index contributed by atoms with van der Waals surface area (Å²) < 4.78 is 5.19. The fourth-order valence-electron chi connectivity index (χ4n) is 1.82. The van der Waals surface area contributed by atoms with E-state index in [9.17, 15) is 14.4 Å². The summed E-state index contributed by atoms with van der Waals surface area (Å²) >= 11 is 1.29. The Balaban J connectivity index is 2.68. The molecule has 0 bridgehead atoms. The molecule has 0 saturated heterocycles. The molecule has 1 aromatic rings. The summed E-state index contributed by atoms with van der Waals surface area (Å²) in [6.07, 6.45) is -0.912. The molecule has 0 fully saturated rings. The number of carbonyl (C=O) groups excluding carboxylic acids is 3. The van der Waals surface area contributed by atoms with Gasteiger partial charge in [-0.15, -0.1) is 11.3 Å². The van der Waals surface area contributed by atoms with Gasteiger partial charge in [0.25, 0.3) is 11.8 Å². The molecule has 128 valence electrons. The molecule has 1 aromatic heterocycles. The first-order chi connectivity index (χ1) is 10.7. The topological polar surface area (TPSA) is 84.5 Å². The average molecular weight is 340 g/mol. The minimum absolute atomic E-state index is 0.0388. The molecule has 0 spiro atoms. The van der Waals surface area contributed by atoms with Gasteiger partial charge in [-0.1, -0.05) is 19.9 Å². The highest BCUT2D eigenvalue weighted by molar-refractivity contribution is 7.12. The summed E-state index contributed by atoms with van der Waals surface area (Å²) in [5.41, 5.74) is 0. The normalized spacial score (nSPS) is 13.5. The van der Waals surface area contributed by atoms with Crippen LogP contribution in [-0.4, -0.2) is 36.0 Å². The predicted octanol–water partition coefficient (Wildman–Crippen LogP) is 1.96. The zero-order valence-corrected chi connectivity index (χ0v) is 14.9. The van der Waals surface area contributed by atoms with Gasteiger partial charge in [-0.25, -0.2) is 4.79 Å². The fraction of sp³-hybridized carbons (Fsp3) is 0.562. The summed E-state index contributed by atoms with van der Waals surface area (Å²) in [4.78, 5) is 36.7. The maximum atomic E-state index is 12.3. The van der Waals surface area contributed by atoms with E-state index in [0.29, 0.717) is 4.88 Å². The van der Waals surface area contributed by atoms with E-state index in [1.165, 1.54) is 18.3 Å². The van der Waals surface area contributed by atoms with Crippen molar-refractivity contribution in [3.05, 3.63) is 22.4 Å². The van der Waals surface area contributed by atoms with Crippen molar-refractivity contribution in [1.82, 2.24) is 10.6 Å². The van der Waals surface area contributed by atoms with E-state index < -0.39 is 18.1 Å². The maximum absolute atomic E-state index is 12.3. The lowest BCUT2D eigenvalue weighted by Gasteiger charge is -2.23. The first kappa shape index (κ1) is 19.2. The van der Waals surface area contributed by atoms with Gasteiger partial charge in [-0.3, -0.25) is 9.59 Å². The quantitative estimate of drug-likeness (QED) is 0.743. The first-order valence-corrected chi connectivity index (χ1v) is 8.45. The number of esters is 1. The highest BCUT2D eigenvalue weighted by Gasteiger charge is 2.29. The van der Waals surface area contributed by atoms with Crippen LogP contribution in [0.5, 0.6) is 0 Å². The van der Waals surface area contributed by atoms with Crippen molar-refractivity contribution in [3.63, 3.8) is 0 Å². The van der Waals surface area contributed by atoms with Gasteiger partial charge in [-0.2, -0.15) is 0 Å². The summed E-state index contributed by atoms with van der Waals surface area (Å²) in [6, 6.07) is 2.60. The van der Waals surface area contributed by atoms with Crippen LogP contribution in [0.4, 0.5) is 0 Å². The molecular formula is C16H24N2O4S. The van der Waals surface area contributed by atoms with Crippen molar-refractivity contribution in [2.24, 2.45) is 5.92 Å². The summed E-state index contributed by atoms with van der Waals surface area (Å²) in [5, 5.41) is 7.13. The van der Waals surface area contributed by atoms with E-state index in [2.05, 4.69) is 10.6 Å². The Morgan fingerprint density at radius 2 is 1.74 bits per heavy atom. The van der Waals surface area contributed by atoms with Crippen LogP contribution in [0.15, 0.2) is 17.5 Å². The molecule has 0 aliphatic heterocycles. The Labute approximate surface area is 140 Å². The Hall–Kier alpha value is -1.89. The second-order valence-electron chi connectivity index (χ2n) is 5.91. The van der Waals surface area contributed by atoms with Gasteiger partial charge in [0.2, 0.25) is 0 Å². The van der Waals surface area contributed by atoms with Gasteiger partial charge in [0.1, 0.15) is 6.04 Å². The van der Waals surface area contributed by atoms with Crippen molar-refractivity contribution in [2.75, 3.05) is 0 Å². The Morgan fingerprint density at radius 3 is 2.22 bits per heavy atom. The van der Waals surface area contributed by atoms with E-state index in [-0.39, 0.29) is 23.8 Å². The number of thiophene rings is 1. The summed E-state index contributed by atoms with van der Waals surface area (Å²) in [5.74, 6) is -1.46. The largest absolute Gasteiger partial charge is 0.451 e. The van der Waals surface area contributed by atoms with E-state index >= 15 is 0 Å². The van der Waals surface area contributed by atoms with Crippen LogP contribution in [0.1, 0.15) is 44.3 Å². The number of rotatable bonds is 7. The van der Waals surface area contributed by atoms with E-state index in [1.807, 2.05) is 13.8 Å². The van der Waals surface area contributed by atoms with Crippen molar-refractivity contribution in [2.45, 2.75) is 52.8 Å². The van der Waals surface area contributed by atoms with E-state index in [4.69, 9.17) is 4.74 Å². The predicted molar refractivity (Wildman–Crippen MR) is 89.2 cm³/mol. The molecule has 1 heterocycles. The van der Waals surface area contributed by atoms with Gasteiger partial charge >= 0.3 is 5.97 Å². The second-order valence-corrected chi connectivity index (χ2v) is 6.86. The van der Waals surface area contributed by atoms with Crippen molar-refractivity contribution >= 4 is 29.1 Å². The van der Waals surface area contributed by atoms with Gasteiger partial charge in [-0.05, 0) is 38.1 Å². The molecule has 1 rings (SSSR count). The molecule has 7 heteroatoms. The van der Waals surface area contributed by atoms with Crippen LogP contribution >= 0.6 is 11.3 Å². The summed E-state index contributed by atoms with van der Waals surface area (Å²) in [7, 11) is 0. The minimum Gasteiger partial charge on any atom is -0.451 e. The van der Waals surface area contributed by atoms with Gasteiger partial charge < -0.3 is 15.4 Å². The lowest BCUT2D eigenvalue weighted by molar-refractivity contribution is -0.157. The molecule has 0 aliphatic carbocycles. The van der Waals surface area contributed by atoms with Crippen LogP contribution < -0.4 is 10.6 Å². The van der Waals surface area contributed by atoms with E-state index in [0.717, 1.165) is 0 Å². The highest BCUT2D eigenvalue weighted by atomic mass is 32.1. The minimum atomic E-state index is -0.912. The second kappa shape index (κ2) is 8.67. The van der Waals surface area contributed by atoms with Crippen molar-refractivity contribution in [1.29, 1.82) is 0 Å². The molecule has 0 aliphatic rings. The molecule has 23 heavy (non-hydrogen) atoms. The molecular weight excluding hydrogens is 316 g/mol. The third-order valence-corrected chi connectivity index (χ3v) is 3.91. The molecule has 2 atom stereocenters. The summed E-state index contributed by atoms with van der Waals surface area (Å²) in [6.45, 7) is 8.77. The molecule has 2 N–H and O–H groups in total. The SMILES string of the molecule is CC(C)NC(=O)C(C)OC(=O)C(NC(=O)c1cccs1)C(C)C. The monoisotopic (exact) mass is 340 g/mol. The first-order valence-electron chi connectivity index (χ1n) is 7.57. The Bertz CT molecular complexity index is 540. The number of amides is 2.